The van der Waals surface area contributed by atoms with Gasteiger partial charge in [0.15, 0.2) is 0 Å². The largest absolute Gasteiger partial charge is 0.350 e. The molecule has 0 bridgehead atoms. The Morgan fingerprint density at radius 1 is 1.38 bits per heavy atom. The zero-order valence-electron chi connectivity index (χ0n) is 14.1. The molecule has 2 fully saturated rings. The van der Waals surface area contributed by atoms with Crippen molar-refractivity contribution < 1.29 is 13.2 Å². The molecule has 0 saturated carbocycles. The van der Waals surface area contributed by atoms with Gasteiger partial charge >= 0.3 is 0 Å². The SMILES string of the molecule is CCCCS(=O)(=O)N1CCC2(CC1)NC(=O)C[C@@H]2c1cccnc1. The van der Waals surface area contributed by atoms with Crippen molar-refractivity contribution in [2.75, 3.05) is 18.8 Å². The van der Waals surface area contributed by atoms with Crippen LogP contribution in [0.2, 0.25) is 0 Å². The van der Waals surface area contributed by atoms with Crippen molar-refractivity contribution >= 4 is 15.9 Å². The first kappa shape index (κ1) is 17.4. The molecule has 1 atom stereocenters. The van der Waals surface area contributed by atoms with Crippen molar-refractivity contribution in [1.82, 2.24) is 14.6 Å². The van der Waals surface area contributed by atoms with Gasteiger partial charge in [0.2, 0.25) is 15.9 Å². The lowest BCUT2D eigenvalue weighted by molar-refractivity contribution is -0.120. The predicted octanol–water partition coefficient (Wildman–Crippen LogP) is 1.65. The van der Waals surface area contributed by atoms with Crippen molar-refractivity contribution in [3.05, 3.63) is 30.1 Å². The second-order valence-electron chi connectivity index (χ2n) is 6.82. The van der Waals surface area contributed by atoms with E-state index in [4.69, 9.17) is 0 Å². The summed E-state index contributed by atoms with van der Waals surface area (Å²) in [5.41, 5.74) is 0.717. The number of rotatable bonds is 5. The number of aromatic nitrogens is 1. The minimum absolute atomic E-state index is 0.0474. The minimum atomic E-state index is -3.18. The van der Waals surface area contributed by atoms with Crippen molar-refractivity contribution in [2.24, 2.45) is 0 Å². The quantitative estimate of drug-likeness (QED) is 0.875. The lowest BCUT2D eigenvalue weighted by atomic mass is 9.75. The average molecular weight is 351 g/mol. The maximum absolute atomic E-state index is 12.4. The third kappa shape index (κ3) is 3.32. The summed E-state index contributed by atoms with van der Waals surface area (Å²) in [7, 11) is -3.18. The first-order valence-corrected chi connectivity index (χ1v) is 10.3. The van der Waals surface area contributed by atoms with Gasteiger partial charge in [-0.3, -0.25) is 9.78 Å². The minimum Gasteiger partial charge on any atom is -0.350 e. The summed E-state index contributed by atoms with van der Waals surface area (Å²) >= 11 is 0. The summed E-state index contributed by atoms with van der Waals surface area (Å²) in [4.78, 5) is 16.2. The lowest BCUT2D eigenvalue weighted by Crippen LogP contribution is -2.54. The molecule has 1 aromatic rings. The topological polar surface area (TPSA) is 79.4 Å². The van der Waals surface area contributed by atoms with Gasteiger partial charge in [0, 0.05) is 43.4 Å². The average Bonchev–Trinajstić information content (AvgIpc) is 2.90. The summed E-state index contributed by atoms with van der Waals surface area (Å²) in [6, 6.07) is 3.89. The molecule has 7 heteroatoms. The number of amides is 1. The maximum atomic E-state index is 12.4. The third-order valence-corrected chi connectivity index (χ3v) is 7.25. The number of nitrogens with one attached hydrogen (secondary N) is 1. The van der Waals surface area contributed by atoms with E-state index >= 15 is 0 Å². The molecule has 2 aliphatic rings. The van der Waals surface area contributed by atoms with E-state index in [2.05, 4.69) is 10.3 Å². The van der Waals surface area contributed by atoms with E-state index in [1.807, 2.05) is 25.3 Å². The Balaban J connectivity index is 1.75. The number of hydrogen-bond acceptors (Lipinski definition) is 4. The molecule has 0 unspecified atom stereocenters. The zero-order chi connectivity index (χ0) is 17.2. The van der Waals surface area contributed by atoms with Crippen LogP contribution in [-0.4, -0.2) is 48.0 Å². The molecule has 132 valence electrons. The van der Waals surface area contributed by atoms with E-state index in [0.29, 0.717) is 38.8 Å². The highest BCUT2D eigenvalue weighted by molar-refractivity contribution is 7.89. The number of hydrogen-bond donors (Lipinski definition) is 1. The van der Waals surface area contributed by atoms with Gasteiger partial charge in [-0.05, 0) is 30.9 Å². The number of sulfonamides is 1. The first-order valence-electron chi connectivity index (χ1n) is 8.65. The molecule has 6 nitrogen and oxygen atoms in total. The molecule has 0 aromatic carbocycles. The smallest absolute Gasteiger partial charge is 0.221 e. The summed E-state index contributed by atoms with van der Waals surface area (Å²) in [6.07, 6.45) is 6.87. The van der Waals surface area contributed by atoms with E-state index in [9.17, 15) is 13.2 Å². The van der Waals surface area contributed by atoms with Gasteiger partial charge < -0.3 is 5.32 Å². The van der Waals surface area contributed by atoms with E-state index in [1.54, 1.807) is 10.5 Å². The monoisotopic (exact) mass is 351 g/mol. The molecule has 0 radical (unpaired) electrons. The maximum Gasteiger partial charge on any atom is 0.221 e. The van der Waals surface area contributed by atoms with Gasteiger partial charge in [-0.25, -0.2) is 12.7 Å². The van der Waals surface area contributed by atoms with Gasteiger partial charge in [0.05, 0.1) is 5.75 Å². The van der Waals surface area contributed by atoms with E-state index in [0.717, 1.165) is 12.0 Å². The second-order valence-corrected chi connectivity index (χ2v) is 8.90. The molecule has 24 heavy (non-hydrogen) atoms. The molecule has 3 heterocycles. The molecule has 2 saturated heterocycles. The van der Waals surface area contributed by atoms with Gasteiger partial charge in [0.25, 0.3) is 0 Å². The highest BCUT2D eigenvalue weighted by Gasteiger charge is 2.49. The van der Waals surface area contributed by atoms with Crippen molar-refractivity contribution in [3.8, 4) is 0 Å². The van der Waals surface area contributed by atoms with Crippen molar-refractivity contribution in [3.63, 3.8) is 0 Å². The fraction of sp³-hybridized carbons (Fsp3) is 0.647. The third-order valence-electron chi connectivity index (χ3n) is 5.30. The van der Waals surface area contributed by atoms with Crippen LogP contribution in [0.3, 0.4) is 0 Å². The van der Waals surface area contributed by atoms with E-state index in [1.165, 1.54) is 0 Å². The fourth-order valence-electron chi connectivity index (χ4n) is 3.91. The fourth-order valence-corrected chi connectivity index (χ4v) is 5.56. The number of nitrogens with zero attached hydrogens (tertiary/aromatic N) is 2. The number of unbranched alkanes of at least 4 members (excludes halogenated alkanes) is 1. The summed E-state index contributed by atoms with van der Waals surface area (Å²) in [6.45, 7) is 2.94. The molecular formula is C17H25N3O3S. The number of carbonyl (C=O) groups is 1. The highest BCUT2D eigenvalue weighted by Crippen LogP contribution is 2.43. The number of piperidine rings is 1. The molecule has 1 aromatic heterocycles. The molecule has 1 N–H and O–H groups in total. The highest BCUT2D eigenvalue weighted by atomic mass is 32.2. The van der Waals surface area contributed by atoms with Crippen LogP contribution in [0.25, 0.3) is 0 Å². The molecule has 1 amide bonds. The Hall–Kier alpha value is -1.47. The van der Waals surface area contributed by atoms with Crippen LogP contribution in [0.4, 0.5) is 0 Å². The van der Waals surface area contributed by atoms with Crippen LogP contribution in [0.15, 0.2) is 24.5 Å². The van der Waals surface area contributed by atoms with E-state index in [-0.39, 0.29) is 23.1 Å². The lowest BCUT2D eigenvalue weighted by Gasteiger charge is -2.42. The van der Waals surface area contributed by atoms with E-state index < -0.39 is 10.0 Å². The predicted molar refractivity (Wildman–Crippen MR) is 92.0 cm³/mol. The molecule has 0 aliphatic carbocycles. The van der Waals surface area contributed by atoms with Crippen molar-refractivity contribution in [1.29, 1.82) is 0 Å². The van der Waals surface area contributed by atoms with Crippen LogP contribution in [0.5, 0.6) is 0 Å². The molecule has 3 rings (SSSR count). The van der Waals surface area contributed by atoms with Gasteiger partial charge in [-0.2, -0.15) is 0 Å². The Labute approximate surface area is 143 Å². The summed E-state index contributed by atoms with van der Waals surface area (Å²) < 4.78 is 26.4. The van der Waals surface area contributed by atoms with Gasteiger partial charge in [-0.1, -0.05) is 19.4 Å². The van der Waals surface area contributed by atoms with Crippen LogP contribution in [0, 0.1) is 0 Å². The van der Waals surface area contributed by atoms with Crippen LogP contribution in [-0.2, 0) is 14.8 Å². The Bertz CT molecular complexity index is 682. The number of pyridine rings is 1. The van der Waals surface area contributed by atoms with Gasteiger partial charge in [-0.15, -0.1) is 0 Å². The van der Waals surface area contributed by atoms with Gasteiger partial charge in [0.1, 0.15) is 0 Å². The van der Waals surface area contributed by atoms with Crippen LogP contribution >= 0.6 is 0 Å². The molecular weight excluding hydrogens is 326 g/mol. The standard InChI is InChI=1S/C17H25N3O3S/c1-2-3-11-24(22,23)20-9-6-17(7-10-20)15(12-16(21)19-17)14-5-4-8-18-13-14/h4-5,8,13,15H,2-3,6-7,9-12H2,1H3,(H,19,21)/t15-/m1/s1. The Morgan fingerprint density at radius 2 is 2.12 bits per heavy atom. The Morgan fingerprint density at radius 3 is 2.75 bits per heavy atom. The normalized spacial score (nSPS) is 24.2. The van der Waals surface area contributed by atoms with Crippen LogP contribution in [0.1, 0.15) is 50.5 Å². The first-order chi connectivity index (χ1) is 11.5. The molecule has 2 aliphatic heterocycles. The zero-order valence-corrected chi connectivity index (χ0v) is 14.9. The van der Waals surface area contributed by atoms with Crippen molar-refractivity contribution in [2.45, 2.75) is 50.5 Å². The number of carbonyl (C=O) groups excluding carboxylic acids is 1. The Kier molecular flexibility index (Phi) is 4.92. The second kappa shape index (κ2) is 6.80. The molecule has 1 spiro atoms. The summed E-state index contributed by atoms with van der Waals surface area (Å²) in [5.74, 6) is 0.333. The summed E-state index contributed by atoms with van der Waals surface area (Å²) in [5, 5.41) is 3.14. The van der Waals surface area contributed by atoms with Crippen LogP contribution < -0.4 is 5.32 Å².